The number of nitrogens with one attached hydrogen (secondary N) is 3. The number of benzene rings is 1. The largest absolute Gasteiger partial charge is 0.493 e. The number of ketones is 1. The van der Waals surface area contributed by atoms with Gasteiger partial charge in [0, 0.05) is 37.5 Å². The van der Waals surface area contributed by atoms with E-state index in [0.29, 0.717) is 48.1 Å². The standard InChI is InChI=1S/C22H30ClN5O5S/c1-4-33-21-6-5-15(34(31,32)25-9-10-27(2)3)11-16(21)17-12-19-18(26-17)13-24-14-28(19)22(30)20(29)7-8-23/h5-6,11-12,24-26H,4,7-10,13-14H2,1-3H3. The zero-order valence-corrected chi connectivity index (χ0v) is 21.1. The first-order valence-electron chi connectivity index (χ1n) is 10.9. The Kier molecular flexibility index (Phi) is 8.72. The Labute approximate surface area is 204 Å². The van der Waals surface area contributed by atoms with Crippen LogP contribution in [0.1, 0.15) is 19.0 Å². The molecule has 0 atom stereocenters. The molecule has 0 bridgehead atoms. The van der Waals surface area contributed by atoms with Crippen LogP contribution < -0.4 is 19.7 Å². The molecular formula is C22H30ClN5O5S. The number of amides is 1. The molecule has 0 fully saturated rings. The van der Waals surface area contributed by atoms with Gasteiger partial charge >= 0.3 is 0 Å². The predicted octanol–water partition coefficient (Wildman–Crippen LogP) is 1.51. The number of hydrogen-bond acceptors (Lipinski definition) is 7. The van der Waals surface area contributed by atoms with Crippen molar-refractivity contribution in [3.05, 3.63) is 30.0 Å². The number of likely N-dealkylation sites (N-methyl/N-ethyl adjacent to an activating group) is 1. The van der Waals surface area contributed by atoms with E-state index in [2.05, 4.69) is 15.0 Å². The molecule has 1 aromatic carbocycles. The number of sulfonamides is 1. The second kappa shape index (κ2) is 11.3. The van der Waals surface area contributed by atoms with Gasteiger partial charge in [-0.15, -0.1) is 11.6 Å². The fourth-order valence-electron chi connectivity index (χ4n) is 3.56. The summed E-state index contributed by atoms with van der Waals surface area (Å²) in [6.45, 7) is 3.69. The van der Waals surface area contributed by atoms with Crippen molar-refractivity contribution in [3.63, 3.8) is 0 Å². The second-order valence-electron chi connectivity index (χ2n) is 8.02. The number of carbonyl (C=O) groups excluding carboxylic acids is 2. The maximum absolute atomic E-state index is 12.8. The van der Waals surface area contributed by atoms with E-state index in [0.717, 1.165) is 0 Å². The molecule has 3 N–H and O–H groups in total. The number of fused-ring (bicyclic) bond motifs is 1. The van der Waals surface area contributed by atoms with Gasteiger partial charge in [-0.25, -0.2) is 13.1 Å². The Morgan fingerprint density at radius 1 is 1.26 bits per heavy atom. The Balaban J connectivity index is 1.98. The summed E-state index contributed by atoms with van der Waals surface area (Å²) in [4.78, 5) is 31.4. The smallest absolute Gasteiger partial charge is 0.295 e. The van der Waals surface area contributed by atoms with Crippen molar-refractivity contribution in [2.24, 2.45) is 0 Å². The molecule has 186 valence electrons. The highest BCUT2D eigenvalue weighted by Crippen LogP contribution is 2.36. The number of H-pyrrole nitrogens is 1. The first kappa shape index (κ1) is 26.2. The third kappa shape index (κ3) is 5.97. The number of Topliss-reactive ketones (excluding diaryl/α,β-unsaturated/α-hetero) is 1. The van der Waals surface area contributed by atoms with E-state index in [1.165, 1.54) is 11.0 Å². The summed E-state index contributed by atoms with van der Waals surface area (Å²) < 4.78 is 34.0. The lowest BCUT2D eigenvalue weighted by Crippen LogP contribution is -2.45. The Morgan fingerprint density at radius 3 is 2.71 bits per heavy atom. The van der Waals surface area contributed by atoms with Gasteiger partial charge in [0.15, 0.2) is 0 Å². The lowest BCUT2D eigenvalue weighted by molar-refractivity contribution is -0.136. The fraction of sp³-hybridized carbons (Fsp3) is 0.455. The maximum Gasteiger partial charge on any atom is 0.295 e. The van der Waals surface area contributed by atoms with E-state index in [9.17, 15) is 18.0 Å². The quantitative estimate of drug-likeness (QED) is 0.308. The van der Waals surface area contributed by atoms with Crippen molar-refractivity contribution in [2.45, 2.75) is 24.8 Å². The van der Waals surface area contributed by atoms with Crippen LogP contribution in [-0.4, -0.2) is 76.3 Å². The number of rotatable bonds is 11. The molecule has 1 aromatic heterocycles. The molecule has 1 aliphatic heterocycles. The van der Waals surface area contributed by atoms with Gasteiger partial charge in [-0.1, -0.05) is 0 Å². The van der Waals surface area contributed by atoms with Crippen LogP contribution in [-0.2, 0) is 26.2 Å². The summed E-state index contributed by atoms with van der Waals surface area (Å²) in [7, 11) is -0.0151. The molecule has 2 heterocycles. The highest BCUT2D eigenvalue weighted by atomic mass is 35.5. The van der Waals surface area contributed by atoms with Crippen molar-refractivity contribution >= 4 is 39.0 Å². The molecule has 0 spiro atoms. The average Bonchev–Trinajstić information content (AvgIpc) is 3.23. The van der Waals surface area contributed by atoms with Crippen LogP contribution in [0.5, 0.6) is 5.75 Å². The van der Waals surface area contributed by atoms with Crippen LogP contribution >= 0.6 is 11.6 Å². The van der Waals surface area contributed by atoms with Crippen molar-refractivity contribution < 1.29 is 22.7 Å². The molecular weight excluding hydrogens is 482 g/mol. The molecule has 12 heteroatoms. The fourth-order valence-corrected chi connectivity index (χ4v) is 4.78. The van der Waals surface area contributed by atoms with Gasteiger partial charge in [0.05, 0.1) is 35.2 Å². The monoisotopic (exact) mass is 511 g/mol. The van der Waals surface area contributed by atoms with Crippen LogP contribution in [0, 0.1) is 0 Å². The van der Waals surface area contributed by atoms with E-state index >= 15 is 0 Å². The molecule has 0 radical (unpaired) electrons. The zero-order valence-electron chi connectivity index (χ0n) is 19.5. The summed E-state index contributed by atoms with van der Waals surface area (Å²) in [6, 6.07) is 6.39. The van der Waals surface area contributed by atoms with E-state index in [1.807, 2.05) is 25.9 Å². The maximum atomic E-state index is 12.8. The van der Waals surface area contributed by atoms with Crippen molar-refractivity contribution in [3.8, 4) is 17.0 Å². The number of nitrogens with zero attached hydrogens (tertiary/aromatic N) is 2. The summed E-state index contributed by atoms with van der Waals surface area (Å²) >= 11 is 5.63. The predicted molar refractivity (Wildman–Crippen MR) is 131 cm³/mol. The van der Waals surface area contributed by atoms with E-state index in [-0.39, 0.29) is 30.4 Å². The van der Waals surface area contributed by atoms with Crippen molar-refractivity contribution in [2.75, 3.05) is 51.2 Å². The van der Waals surface area contributed by atoms with Gasteiger partial charge in [0.25, 0.3) is 5.91 Å². The van der Waals surface area contributed by atoms with Crippen molar-refractivity contribution in [1.29, 1.82) is 0 Å². The average molecular weight is 512 g/mol. The van der Waals surface area contributed by atoms with Gasteiger partial charge in [-0.3, -0.25) is 19.8 Å². The molecule has 0 saturated carbocycles. The molecule has 0 aliphatic carbocycles. The number of hydrogen-bond donors (Lipinski definition) is 3. The number of halogens is 1. The first-order valence-corrected chi connectivity index (χ1v) is 12.9. The van der Waals surface area contributed by atoms with Gasteiger partial charge in [-0.2, -0.15) is 0 Å². The zero-order chi connectivity index (χ0) is 24.9. The summed E-state index contributed by atoms with van der Waals surface area (Å²) in [6.07, 6.45) is -0.0429. The minimum absolute atomic E-state index is 0.0429. The Morgan fingerprint density at radius 2 is 2.03 bits per heavy atom. The molecule has 3 rings (SSSR count). The first-order chi connectivity index (χ1) is 16.2. The highest BCUT2D eigenvalue weighted by molar-refractivity contribution is 7.89. The third-order valence-corrected chi connectivity index (χ3v) is 6.89. The Bertz CT molecular complexity index is 1150. The van der Waals surface area contributed by atoms with Crippen LogP contribution in [0.4, 0.5) is 5.69 Å². The third-order valence-electron chi connectivity index (χ3n) is 5.25. The molecule has 34 heavy (non-hydrogen) atoms. The lowest BCUT2D eigenvalue weighted by atomic mass is 10.1. The SMILES string of the molecule is CCOc1ccc(S(=O)(=O)NCCN(C)C)cc1-c1cc2c([nH]1)CNCN2C(=O)C(=O)CCCl. The van der Waals surface area contributed by atoms with Crippen LogP contribution in [0.2, 0.25) is 0 Å². The molecule has 10 nitrogen and oxygen atoms in total. The van der Waals surface area contributed by atoms with Gasteiger partial charge in [-0.05, 0) is 45.3 Å². The number of aromatic nitrogens is 1. The van der Waals surface area contributed by atoms with Gasteiger partial charge < -0.3 is 14.6 Å². The van der Waals surface area contributed by atoms with Crippen LogP contribution in [0.3, 0.4) is 0 Å². The lowest BCUT2D eigenvalue weighted by Gasteiger charge is -2.26. The van der Waals surface area contributed by atoms with Crippen molar-refractivity contribution in [1.82, 2.24) is 19.9 Å². The van der Waals surface area contributed by atoms with Gasteiger partial charge in [0.1, 0.15) is 5.75 Å². The minimum Gasteiger partial charge on any atom is -0.493 e. The molecule has 0 saturated heterocycles. The number of carbonyl (C=O) groups is 2. The molecule has 1 amide bonds. The number of aromatic amines is 1. The molecule has 0 unspecified atom stereocenters. The number of anilines is 1. The van der Waals surface area contributed by atoms with E-state index in [1.54, 1.807) is 18.2 Å². The van der Waals surface area contributed by atoms with Gasteiger partial charge in [0.2, 0.25) is 15.8 Å². The summed E-state index contributed by atoms with van der Waals surface area (Å²) in [5, 5.41) is 3.09. The highest BCUT2D eigenvalue weighted by Gasteiger charge is 2.29. The topological polar surface area (TPSA) is 124 Å². The van der Waals surface area contributed by atoms with E-state index < -0.39 is 21.7 Å². The molecule has 2 aromatic rings. The molecule has 1 aliphatic rings. The Hall–Kier alpha value is -2.44. The van der Waals surface area contributed by atoms with Crippen LogP contribution in [0.25, 0.3) is 11.3 Å². The number of alkyl halides is 1. The van der Waals surface area contributed by atoms with E-state index in [4.69, 9.17) is 16.3 Å². The summed E-state index contributed by atoms with van der Waals surface area (Å²) in [5.41, 5.74) is 2.37. The van der Waals surface area contributed by atoms with Crippen LogP contribution in [0.15, 0.2) is 29.2 Å². The summed E-state index contributed by atoms with van der Waals surface area (Å²) in [5.74, 6) is -0.652. The normalized spacial score (nSPS) is 13.7. The minimum atomic E-state index is -3.74. The second-order valence-corrected chi connectivity index (χ2v) is 10.2. The number of ether oxygens (including phenoxy) is 1.